The fraction of sp³-hybridized carbons (Fsp3) is 0.500. The number of aliphatic imine (C=N–C) groups is 1. The highest BCUT2D eigenvalue weighted by atomic mass is 127. The van der Waals surface area contributed by atoms with E-state index in [4.69, 9.17) is 0 Å². The van der Waals surface area contributed by atoms with Gasteiger partial charge in [0.05, 0.1) is 6.54 Å². The van der Waals surface area contributed by atoms with Crippen molar-refractivity contribution < 1.29 is 4.39 Å². The van der Waals surface area contributed by atoms with Crippen molar-refractivity contribution in [3.05, 3.63) is 45.7 Å². The molecular formula is C20H29FIN5S. The van der Waals surface area contributed by atoms with Crippen LogP contribution in [0, 0.1) is 12.7 Å². The number of piperidine rings is 1. The van der Waals surface area contributed by atoms with Crippen LogP contribution < -0.4 is 15.5 Å². The van der Waals surface area contributed by atoms with Crippen LogP contribution in [0.15, 0.2) is 29.4 Å². The van der Waals surface area contributed by atoms with Crippen LogP contribution in [0.1, 0.15) is 35.2 Å². The van der Waals surface area contributed by atoms with Crippen molar-refractivity contribution >= 4 is 47.0 Å². The monoisotopic (exact) mass is 517 g/mol. The molecule has 0 spiro atoms. The van der Waals surface area contributed by atoms with Gasteiger partial charge in [-0.05, 0) is 49.9 Å². The van der Waals surface area contributed by atoms with Gasteiger partial charge in [-0.1, -0.05) is 6.92 Å². The van der Waals surface area contributed by atoms with Crippen molar-refractivity contribution in [3.63, 3.8) is 0 Å². The summed E-state index contributed by atoms with van der Waals surface area (Å²) in [6.45, 7) is 6.66. The van der Waals surface area contributed by atoms with Gasteiger partial charge in [-0.25, -0.2) is 9.37 Å². The first-order valence-electron chi connectivity index (χ1n) is 9.51. The van der Waals surface area contributed by atoms with E-state index >= 15 is 0 Å². The zero-order chi connectivity index (χ0) is 19.2. The summed E-state index contributed by atoms with van der Waals surface area (Å²) in [6.07, 6.45) is 5.15. The number of thiazole rings is 1. The molecule has 0 aliphatic carbocycles. The lowest BCUT2D eigenvalue weighted by Gasteiger charge is -2.36. The first-order chi connectivity index (χ1) is 13.1. The van der Waals surface area contributed by atoms with Crippen molar-refractivity contribution in [1.29, 1.82) is 0 Å². The Hall–Kier alpha value is -1.42. The molecule has 3 rings (SSSR count). The quantitative estimate of drug-likeness (QED) is 0.356. The highest BCUT2D eigenvalue weighted by Gasteiger charge is 2.22. The number of nitrogens with one attached hydrogen (secondary N) is 2. The zero-order valence-electron chi connectivity index (χ0n) is 16.7. The molecule has 5 nitrogen and oxygen atoms in total. The van der Waals surface area contributed by atoms with Crippen molar-refractivity contribution in [2.75, 3.05) is 25.0 Å². The predicted octanol–water partition coefficient (Wildman–Crippen LogP) is 4.11. The lowest BCUT2D eigenvalue weighted by molar-refractivity contribution is 0.467. The maximum atomic E-state index is 13.4. The third kappa shape index (κ3) is 6.04. The van der Waals surface area contributed by atoms with Crippen molar-refractivity contribution in [2.45, 2.75) is 45.7 Å². The summed E-state index contributed by atoms with van der Waals surface area (Å²) in [5.41, 5.74) is 2.09. The van der Waals surface area contributed by atoms with Gasteiger partial charge in [-0.15, -0.1) is 35.3 Å². The number of aryl methyl sites for hydroxylation is 2. The van der Waals surface area contributed by atoms with Crippen LogP contribution in [0.25, 0.3) is 0 Å². The van der Waals surface area contributed by atoms with Crippen molar-refractivity contribution in [2.24, 2.45) is 4.99 Å². The van der Waals surface area contributed by atoms with E-state index < -0.39 is 0 Å². The minimum atomic E-state index is -0.180. The molecule has 1 aliphatic rings. The topological polar surface area (TPSA) is 52.6 Å². The number of halogens is 2. The van der Waals surface area contributed by atoms with Crippen molar-refractivity contribution in [3.8, 4) is 0 Å². The summed E-state index contributed by atoms with van der Waals surface area (Å²) >= 11 is 1.74. The normalized spacial score (nSPS) is 17.2. The Morgan fingerprint density at radius 3 is 2.93 bits per heavy atom. The van der Waals surface area contributed by atoms with Gasteiger partial charge >= 0.3 is 0 Å². The summed E-state index contributed by atoms with van der Waals surface area (Å²) in [7, 11) is 1.79. The number of aromatic nitrogens is 1. The van der Waals surface area contributed by atoms with E-state index in [0.29, 0.717) is 12.6 Å². The lowest BCUT2D eigenvalue weighted by atomic mass is 10.0. The molecule has 0 amide bonds. The first kappa shape index (κ1) is 22.9. The van der Waals surface area contributed by atoms with Crippen molar-refractivity contribution in [1.82, 2.24) is 15.6 Å². The standard InChI is InChI=1S/C20H28FN5S.HI/c1-4-17-11-23-19(27-17)12-24-20(22-3)25-16-6-5-9-26(13-16)18-8-7-15(21)10-14(18)2;/h7-8,10-11,16H,4-6,9,12-13H2,1-3H3,(H2,22,24,25);1H. The van der Waals surface area contributed by atoms with Gasteiger partial charge < -0.3 is 15.5 Å². The highest BCUT2D eigenvalue weighted by molar-refractivity contribution is 14.0. The molecule has 1 atom stereocenters. The second-order valence-corrected chi connectivity index (χ2v) is 8.06. The SMILES string of the molecule is CCc1cnc(CNC(=NC)NC2CCCN(c3ccc(F)cc3C)C2)s1.I. The Balaban J connectivity index is 0.00000280. The Bertz CT molecular complexity index is 795. The Labute approximate surface area is 187 Å². The largest absolute Gasteiger partial charge is 0.369 e. The molecule has 0 saturated carbocycles. The summed E-state index contributed by atoms with van der Waals surface area (Å²) in [5.74, 6) is 0.617. The van der Waals surface area contributed by atoms with E-state index in [1.165, 1.54) is 4.88 Å². The Morgan fingerprint density at radius 2 is 2.25 bits per heavy atom. The first-order valence-corrected chi connectivity index (χ1v) is 10.3. The minimum Gasteiger partial charge on any atom is -0.369 e. The summed E-state index contributed by atoms with van der Waals surface area (Å²) in [6, 6.07) is 5.33. The molecular weight excluding hydrogens is 488 g/mol. The van der Waals surface area contributed by atoms with E-state index in [9.17, 15) is 4.39 Å². The molecule has 1 aromatic carbocycles. The summed E-state index contributed by atoms with van der Waals surface area (Å²) in [4.78, 5) is 12.4. The Morgan fingerprint density at radius 1 is 1.43 bits per heavy atom. The van der Waals surface area contributed by atoms with Crippen LogP contribution in [0.2, 0.25) is 0 Å². The highest BCUT2D eigenvalue weighted by Crippen LogP contribution is 2.24. The molecule has 28 heavy (non-hydrogen) atoms. The summed E-state index contributed by atoms with van der Waals surface area (Å²) < 4.78 is 13.4. The average Bonchev–Trinajstić information content (AvgIpc) is 3.13. The van der Waals surface area contributed by atoms with E-state index in [-0.39, 0.29) is 29.8 Å². The summed E-state index contributed by atoms with van der Waals surface area (Å²) in [5, 5.41) is 7.96. The van der Waals surface area contributed by atoms with Crippen LogP contribution in [0.4, 0.5) is 10.1 Å². The molecule has 8 heteroatoms. The molecule has 2 heterocycles. The molecule has 2 N–H and O–H groups in total. The minimum absolute atomic E-state index is 0. The second kappa shape index (κ2) is 10.9. The van der Waals surface area contributed by atoms with Crippen LogP contribution in [0.3, 0.4) is 0 Å². The van der Waals surface area contributed by atoms with Crippen LogP contribution in [0.5, 0.6) is 0 Å². The van der Waals surface area contributed by atoms with Crippen LogP contribution >= 0.6 is 35.3 Å². The van der Waals surface area contributed by atoms with Gasteiger partial charge in [0, 0.05) is 42.9 Å². The molecule has 1 saturated heterocycles. The number of anilines is 1. The molecule has 1 unspecified atom stereocenters. The van der Waals surface area contributed by atoms with Gasteiger partial charge in [0.25, 0.3) is 0 Å². The number of rotatable bonds is 5. The third-order valence-electron chi connectivity index (χ3n) is 4.84. The van der Waals surface area contributed by atoms with Gasteiger partial charge in [0.1, 0.15) is 10.8 Å². The molecule has 1 fully saturated rings. The number of hydrogen-bond acceptors (Lipinski definition) is 4. The van der Waals surface area contributed by atoms with E-state index in [1.807, 2.05) is 19.2 Å². The number of benzene rings is 1. The predicted molar refractivity (Wildman–Crippen MR) is 127 cm³/mol. The van der Waals surface area contributed by atoms with Crippen LogP contribution in [-0.2, 0) is 13.0 Å². The van der Waals surface area contributed by atoms with Gasteiger partial charge in [-0.2, -0.15) is 0 Å². The third-order valence-corrected chi connectivity index (χ3v) is 5.98. The number of hydrogen-bond donors (Lipinski definition) is 2. The molecule has 1 aromatic heterocycles. The van der Waals surface area contributed by atoms with E-state index in [1.54, 1.807) is 30.5 Å². The molecule has 2 aromatic rings. The fourth-order valence-corrected chi connectivity index (χ4v) is 4.23. The molecule has 0 bridgehead atoms. The number of guanidine groups is 1. The van der Waals surface area contributed by atoms with Crippen LogP contribution in [-0.4, -0.2) is 37.1 Å². The van der Waals surface area contributed by atoms with E-state index in [0.717, 1.165) is 54.6 Å². The fourth-order valence-electron chi connectivity index (χ4n) is 3.43. The molecule has 154 valence electrons. The van der Waals surface area contributed by atoms with Gasteiger partial charge in [0.2, 0.25) is 0 Å². The van der Waals surface area contributed by atoms with Gasteiger partial charge in [0.15, 0.2) is 5.96 Å². The Kier molecular flexibility index (Phi) is 8.94. The maximum absolute atomic E-state index is 13.4. The maximum Gasteiger partial charge on any atom is 0.191 e. The number of nitrogens with zero attached hydrogens (tertiary/aromatic N) is 3. The second-order valence-electron chi connectivity index (χ2n) is 6.86. The smallest absolute Gasteiger partial charge is 0.191 e. The van der Waals surface area contributed by atoms with Gasteiger partial charge in [-0.3, -0.25) is 4.99 Å². The lowest BCUT2D eigenvalue weighted by Crippen LogP contribution is -2.51. The molecule has 0 radical (unpaired) electrons. The van der Waals surface area contributed by atoms with E-state index in [2.05, 4.69) is 32.4 Å². The molecule has 1 aliphatic heterocycles. The average molecular weight is 517 g/mol. The zero-order valence-corrected chi connectivity index (χ0v) is 19.8.